The van der Waals surface area contributed by atoms with Crippen LogP contribution < -0.4 is 10.1 Å². The van der Waals surface area contributed by atoms with Crippen molar-refractivity contribution in [3.63, 3.8) is 0 Å². The number of rotatable bonds is 7. The van der Waals surface area contributed by atoms with Gasteiger partial charge in [-0.05, 0) is 51.8 Å². The minimum Gasteiger partial charge on any atom is -0.497 e. The van der Waals surface area contributed by atoms with Crippen molar-refractivity contribution in [3.8, 4) is 5.75 Å². The summed E-state index contributed by atoms with van der Waals surface area (Å²) in [6.07, 6.45) is 1.19. The van der Waals surface area contributed by atoms with Gasteiger partial charge in [-0.2, -0.15) is 0 Å². The van der Waals surface area contributed by atoms with E-state index in [4.69, 9.17) is 4.74 Å². The van der Waals surface area contributed by atoms with Crippen LogP contribution in [-0.2, 0) is 16.1 Å². The van der Waals surface area contributed by atoms with Gasteiger partial charge in [-0.25, -0.2) is 0 Å². The second-order valence-corrected chi connectivity index (χ2v) is 7.03. The molecule has 134 valence electrons. The van der Waals surface area contributed by atoms with Crippen LogP contribution in [0.25, 0.3) is 0 Å². The van der Waals surface area contributed by atoms with Crippen LogP contribution in [0.4, 0.5) is 0 Å². The molecule has 2 amide bonds. The van der Waals surface area contributed by atoms with Crippen molar-refractivity contribution in [2.24, 2.45) is 0 Å². The molecule has 1 aromatic carbocycles. The normalized spacial score (nSPS) is 12.4. The fraction of sp³-hybridized carbons (Fsp3) is 0.579. The number of nitrogens with zero attached hydrogens (tertiary/aromatic N) is 1. The highest BCUT2D eigenvalue weighted by atomic mass is 16.5. The summed E-state index contributed by atoms with van der Waals surface area (Å²) in [5.41, 5.74) is 0.640. The third-order valence-corrected chi connectivity index (χ3v) is 3.64. The first-order valence-electron chi connectivity index (χ1n) is 8.42. The van der Waals surface area contributed by atoms with E-state index in [1.165, 1.54) is 0 Å². The van der Waals surface area contributed by atoms with E-state index in [0.29, 0.717) is 13.0 Å². The zero-order valence-electron chi connectivity index (χ0n) is 15.7. The molecule has 0 spiro atoms. The molecular weight excluding hydrogens is 304 g/mol. The maximum absolute atomic E-state index is 12.5. The molecule has 5 nitrogen and oxygen atoms in total. The molecular formula is C19H30N2O3. The van der Waals surface area contributed by atoms with Crippen molar-refractivity contribution < 1.29 is 14.3 Å². The molecule has 1 aromatic rings. The summed E-state index contributed by atoms with van der Waals surface area (Å²) in [7, 11) is 1.62. The molecule has 1 rings (SSSR count). The van der Waals surface area contributed by atoms with E-state index in [0.717, 1.165) is 17.7 Å². The summed E-state index contributed by atoms with van der Waals surface area (Å²) in [6.45, 7) is 9.93. The average Bonchev–Trinajstić information content (AvgIpc) is 2.51. The summed E-state index contributed by atoms with van der Waals surface area (Å²) < 4.78 is 5.16. The molecule has 0 aliphatic carbocycles. The van der Waals surface area contributed by atoms with Gasteiger partial charge in [-0.1, -0.05) is 19.1 Å². The highest BCUT2D eigenvalue weighted by Crippen LogP contribution is 2.16. The maximum Gasteiger partial charge on any atom is 0.242 e. The molecule has 1 N–H and O–H groups in total. The minimum absolute atomic E-state index is 0.00937. The van der Waals surface area contributed by atoms with E-state index in [-0.39, 0.29) is 17.4 Å². The van der Waals surface area contributed by atoms with Gasteiger partial charge in [-0.15, -0.1) is 0 Å². The number of hydrogen-bond donors (Lipinski definition) is 1. The summed E-state index contributed by atoms with van der Waals surface area (Å²) >= 11 is 0. The Kier molecular flexibility index (Phi) is 7.26. The molecule has 0 aliphatic rings. The second-order valence-electron chi connectivity index (χ2n) is 7.03. The van der Waals surface area contributed by atoms with E-state index in [9.17, 15) is 9.59 Å². The Morgan fingerprint density at radius 3 is 2.25 bits per heavy atom. The van der Waals surface area contributed by atoms with Gasteiger partial charge in [0.15, 0.2) is 0 Å². The first-order chi connectivity index (χ1) is 11.2. The largest absolute Gasteiger partial charge is 0.497 e. The zero-order valence-corrected chi connectivity index (χ0v) is 15.7. The molecule has 1 atom stereocenters. The molecule has 0 fully saturated rings. The number of methoxy groups -OCH3 is 1. The van der Waals surface area contributed by atoms with Crippen molar-refractivity contribution in [2.45, 2.75) is 65.6 Å². The number of carbonyl (C=O) groups is 2. The van der Waals surface area contributed by atoms with Crippen LogP contribution in [0, 0.1) is 0 Å². The van der Waals surface area contributed by atoms with Crippen molar-refractivity contribution in [1.82, 2.24) is 10.2 Å². The standard InChI is InChI=1S/C19H30N2O3/c1-7-8-17(22)21(14(2)18(23)20-19(3,4)5)13-15-9-11-16(24-6)12-10-15/h9-12,14H,7-8,13H2,1-6H3,(H,20,23)/t14-/m1/s1. The Bertz CT molecular complexity index is 547. The lowest BCUT2D eigenvalue weighted by molar-refractivity contribution is -0.141. The maximum atomic E-state index is 12.5. The average molecular weight is 334 g/mol. The van der Waals surface area contributed by atoms with Crippen molar-refractivity contribution >= 4 is 11.8 Å². The number of carbonyl (C=O) groups excluding carboxylic acids is 2. The number of benzene rings is 1. The van der Waals surface area contributed by atoms with Crippen LogP contribution in [0.2, 0.25) is 0 Å². The summed E-state index contributed by atoms with van der Waals surface area (Å²) in [5.74, 6) is 0.619. The highest BCUT2D eigenvalue weighted by molar-refractivity contribution is 5.87. The lowest BCUT2D eigenvalue weighted by Gasteiger charge is -2.31. The molecule has 0 unspecified atom stereocenters. The van der Waals surface area contributed by atoms with Crippen LogP contribution in [0.15, 0.2) is 24.3 Å². The van der Waals surface area contributed by atoms with E-state index in [1.807, 2.05) is 52.0 Å². The van der Waals surface area contributed by atoms with Crippen LogP contribution in [0.1, 0.15) is 53.0 Å². The van der Waals surface area contributed by atoms with Gasteiger partial charge >= 0.3 is 0 Å². The Hall–Kier alpha value is -2.04. The molecule has 0 aromatic heterocycles. The highest BCUT2D eigenvalue weighted by Gasteiger charge is 2.27. The van der Waals surface area contributed by atoms with Gasteiger partial charge in [0.2, 0.25) is 11.8 Å². The van der Waals surface area contributed by atoms with Crippen LogP contribution >= 0.6 is 0 Å². The number of nitrogens with one attached hydrogen (secondary N) is 1. The van der Waals surface area contributed by atoms with Crippen molar-refractivity contribution in [1.29, 1.82) is 0 Å². The Labute approximate surface area is 145 Å². The van der Waals surface area contributed by atoms with Crippen molar-refractivity contribution in [3.05, 3.63) is 29.8 Å². The zero-order chi connectivity index (χ0) is 18.3. The van der Waals surface area contributed by atoms with Gasteiger partial charge in [0.25, 0.3) is 0 Å². The summed E-state index contributed by atoms with van der Waals surface area (Å²) in [4.78, 5) is 26.6. The van der Waals surface area contributed by atoms with E-state index in [2.05, 4.69) is 5.32 Å². The van der Waals surface area contributed by atoms with E-state index >= 15 is 0 Å². The van der Waals surface area contributed by atoms with Gasteiger partial charge < -0.3 is 15.0 Å². The monoisotopic (exact) mass is 334 g/mol. The van der Waals surface area contributed by atoms with Crippen LogP contribution in [0.3, 0.4) is 0 Å². The van der Waals surface area contributed by atoms with Crippen LogP contribution in [0.5, 0.6) is 5.75 Å². The number of amides is 2. The fourth-order valence-electron chi connectivity index (χ4n) is 2.34. The predicted molar refractivity (Wildman–Crippen MR) is 95.8 cm³/mol. The van der Waals surface area contributed by atoms with Gasteiger partial charge in [0.1, 0.15) is 11.8 Å². The quantitative estimate of drug-likeness (QED) is 0.833. The SMILES string of the molecule is CCCC(=O)N(Cc1ccc(OC)cc1)[C@H](C)C(=O)NC(C)(C)C. The molecule has 0 aliphatic heterocycles. The molecule has 24 heavy (non-hydrogen) atoms. The predicted octanol–water partition coefficient (Wildman–Crippen LogP) is 3.13. The third kappa shape index (κ3) is 6.22. The molecule has 0 heterocycles. The number of ether oxygens (including phenoxy) is 1. The first kappa shape index (κ1) is 20.0. The van der Waals surface area contributed by atoms with Gasteiger partial charge in [-0.3, -0.25) is 9.59 Å². The van der Waals surface area contributed by atoms with Gasteiger partial charge in [0, 0.05) is 18.5 Å². The molecule has 0 bridgehead atoms. The van der Waals surface area contributed by atoms with Crippen LogP contribution in [-0.4, -0.2) is 35.4 Å². The summed E-state index contributed by atoms with van der Waals surface area (Å²) in [6, 6.07) is 7.03. The van der Waals surface area contributed by atoms with E-state index < -0.39 is 6.04 Å². The first-order valence-corrected chi connectivity index (χ1v) is 8.42. The minimum atomic E-state index is -0.523. The molecule has 0 radical (unpaired) electrons. The molecule has 5 heteroatoms. The van der Waals surface area contributed by atoms with Crippen molar-refractivity contribution in [2.75, 3.05) is 7.11 Å². The Morgan fingerprint density at radius 2 is 1.79 bits per heavy atom. The summed E-state index contributed by atoms with van der Waals surface area (Å²) in [5, 5.41) is 2.95. The molecule has 0 saturated heterocycles. The van der Waals surface area contributed by atoms with Gasteiger partial charge in [0.05, 0.1) is 7.11 Å². The van der Waals surface area contributed by atoms with E-state index in [1.54, 1.807) is 18.9 Å². The third-order valence-electron chi connectivity index (χ3n) is 3.64. The Balaban J connectivity index is 2.93. The topological polar surface area (TPSA) is 58.6 Å². The smallest absolute Gasteiger partial charge is 0.242 e. The molecule has 0 saturated carbocycles. The number of hydrogen-bond acceptors (Lipinski definition) is 3. The lowest BCUT2D eigenvalue weighted by atomic mass is 10.1. The second kappa shape index (κ2) is 8.71. The lowest BCUT2D eigenvalue weighted by Crippen LogP contribution is -2.52. The Morgan fingerprint density at radius 1 is 1.21 bits per heavy atom. The fourth-order valence-corrected chi connectivity index (χ4v) is 2.34.